The number of alkyl halides is 3. The predicted octanol–water partition coefficient (Wildman–Crippen LogP) is 5.82. The topological polar surface area (TPSA) is 100 Å². The molecule has 1 saturated carbocycles. The number of likely N-dealkylation sites (tertiary alicyclic amines) is 1. The van der Waals surface area contributed by atoms with E-state index in [0.717, 1.165) is 43.9 Å². The second kappa shape index (κ2) is 12.5. The predicted molar refractivity (Wildman–Crippen MR) is 142 cm³/mol. The Balaban J connectivity index is 0.000000532. The highest BCUT2D eigenvalue weighted by molar-refractivity contribution is 6.35. The summed E-state index contributed by atoms with van der Waals surface area (Å²) in [5.74, 6) is -0.833. The third-order valence-electron chi connectivity index (χ3n) is 7.09. The molecule has 0 unspecified atom stereocenters. The lowest BCUT2D eigenvalue weighted by atomic mass is 9.63. The van der Waals surface area contributed by atoms with Crippen molar-refractivity contribution >= 4 is 40.9 Å². The van der Waals surface area contributed by atoms with Crippen LogP contribution in [-0.2, 0) is 10.2 Å². The first-order chi connectivity index (χ1) is 18.3. The third kappa shape index (κ3) is 7.40. The van der Waals surface area contributed by atoms with Crippen LogP contribution in [0.3, 0.4) is 0 Å². The number of nitrogens with one attached hydrogen (secondary N) is 2. The Morgan fingerprint density at radius 3 is 2.38 bits per heavy atom. The molecule has 39 heavy (non-hydrogen) atoms. The van der Waals surface area contributed by atoms with E-state index in [-0.39, 0.29) is 17.5 Å². The zero-order valence-corrected chi connectivity index (χ0v) is 23.1. The number of fused-ring (bicyclic) bond motifs is 1. The maximum absolute atomic E-state index is 12.6. The van der Waals surface area contributed by atoms with Crippen molar-refractivity contribution in [3.63, 3.8) is 0 Å². The molecule has 2 fully saturated rings. The average molecular weight is 592 g/mol. The van der Waals surface area contributed by atoms with Gasteiger partial charge in [-0.05, 0) is 68.1 Å². The van der Waals surface area contributed by atoms with Crippen molar-refractivity contribution in [1.29, 1.82) is 0 Å². The molecule has 8 nitrogen and oxygen atoms in total. The number of benzene rings is 2. The van der Waals surface area contributed by atoms with Crippen LogP contribution in [0.25, 0.3) is 0 Å². The Kier molecular flexibility index (Phi) is 9.84. The summed E-state index contributed by atoms with van der Waals surface area (Å²) in [6.07, 6.45) is -2.29. The van der Waals surface area contributed by atoms with Gasteiger partial charge >= 0.3 is 18.2 Å². The zero-order chi connectivity index (χ0) is 29.0. The number of ether oxygens (including phenoxy) is 2. The van der Waals surface area contributed by atoms with Crippen molar-refractivity contribution in [2.75, 3.05) is 39.7 Å². The Morgan fingerprint density at radius 1 is 1.10 bits per heavy atom. The maximum Gasteiger partial charge on any atom is 0.490 e. The number of carboxylic acids is 1. The highest BCUT2D eigenvalue weighted by Gasteiger charge is 2.50. The quantitative estimate of drug-likeness (QED) is 0.405. The molecule has 2 aliphatic rings. The number of halogens is 5. The number of nitrogens with zero attached hydrogens (tertiary/aromatic N) is 1. The molecule has 2 aromatic rings. The number of carbonyl (C=O) groups excluding carboxylic acids is 1. The smallest absolute Gasteiger partial charge is 0.490 e. The van der Waals surface area contributed by atoms with Crippen molar-refractivity contribution in [2.45, 2.75) is 36.9 Å². The zero-order valence-electron chi connectivity index (χ0n) is 21.6. The summed E-state index contributed by atoms with van der Waals surface area (Å²) in [5.41, 5.74) is 1.82. The van der Waals surface area contributed by atoms with E-state index >= 15 is 0 Å². The fourth-order valence-corrected chi connectivity index (χ4v) is 5.72. The number of carbonyl (C=O) groups is 2. The Bertz CT molecular complexity index is 1200. The first kappa shape index (κ1) is 30.6. The molecule has 1 aliphatic heterocycles. The monoisotopic (exact) mass is 591 g/mol. The fourth-order valence-electron chi connectivity index (χ4n) is 5.39. The molecule has 1 aliphatic carbocycles. The summed E-state index contributed by atoms with van der Waals surface area (Å²) in [6.45, 7) is 1.98. The van der Waals surface area contributed by atoms with E-state index in [2.05, 4.69) is 34.7 Å². The molecule has 1 heterocycles. The van der Waals surface area contributed by atoms with E-state index < -0.39 is 12.1 Å². The Hall–Kier alpha value is -2.89. The van der Waals surface area contributed by atoms with Gasteiger partial charge in [0.15, 0.2) is 11.5 Å². The lowest BCUT2D eigenvalue weighted by molar-refractivity contribution is -0.192. The second-order valence-corrected chi connectivity index (χ2v) is 10.5. The van der Waals surface area contributed by atoms with Gasteiger partial charge < -0.3 is 30.1 Å². The molecule has 2 amide bonds. The number of urea groups is 1. The van der Waals surface area contributed by atoms with Gasteiger partial charge in [0.05, 0.1) is 24.9 Å². The number of amides is 2. The van der Waals surface area contributed by atoms with Crippen LogP contribution in [0.4, 0.5) is 23.7 Å². The molecule has 2 aromatic carbocycles. The van der Waals surface area contributed by atoms with Gasteiger partial charge in [-0.3, -0.25) is 0 Å². The molecule has 0 spiro atoms. The summed E-state index contributed by atoms with van der Waals surface area (Å²) in [6, 6.07) is 11.1. The van der Waals surface area contributed by atoms with E-state index in [1.807, 2.05) is 6.07 Å². The molecule has 0 aromatic heterocycles. The van der Waals surface area contributed by atoms with Gasteiger partial charge in [0.1, 0.15) is 0 Å². The summed E-state index contributed by atoms with van der Waals surface area (Å²) in [5, 5.41) is 14.1. The lowest BCUT2D eigenvalue weighted by Crippen LogP contribution is -2.48. The van der Waals surface area contributed by atoms with E-state index in [9.17, 15) is 18.0 Å². The fraction of sp³-hybridized carbons (Fsp3) is 0.462. The van der Waals surface area contributed by atoms with Crippen LogP contribution >= 0.6 is 23.2 Å². The largest absolute Gasteiger partial charge is 0.493 e. The van der Waals surface area contributed by atoms with Crippen LogP contribution in [0.15, 0.2) is 36.4 Å². The molecule has 1 saturated heterocycles. The van der Waals surface area contributed by atoms with Crippen LogP contribution in [0.2, 0.25) is 10.0 Å². The molecule has 13 heteroatoms. The Morgan fingerprint density at radius 2 is 1.77 bits per heavy atom. The third-order valence-corrected chi connectivity index (χ3v) is 7.65. The van der Waals surface area contributed by atoms with Crippen molar-refractivity contribution in [3.05, 3.63) is 52.0 Å². The number of likely N-dealkylation sites (N-methyl/N-ethyl adjacent to an activating group) is 1. The SMILES string of the molecule is COc1ccc([C@@]23CC[C@@H](NC(=O)Nc4cc(Cl)ccc4Cl)C[C@@H]2CN(C)C3)cc1OC.O=C(O)C(F)(F)F. The minimum Gasteiger partial charge on any atom is -0.493 e. The molecule has 4 rings (SSSR count). The minimum atomic E-state index is -5.08. The maximum atomic E-state index is 12.6. The van der Waals surface area contributed by atoms with Gasteiger partial charge in [-0.25, -0.2) is 9.59 Å². The van der Waals surface area contributed by atoms with E-state index in [1.54, 1.807) is 32.4 Å². The van der Waals surface area contributed by atoms with E-state index in [1.165, 1.54) is 5.56 Å². The van der Waals surface area contributed by atoms with Crippen molar-refractivity contribution in [3.8, 4) is 11.5 Å². The van der Waals surface area contributed by atoms with Crippen molar-refractivity contribution in [2.24, 2.45) is 5.92 Å². The van der Waals surface area contributed by atoms with Gasteiger partial charge in [0.2, 0.25) is 0 Å². The van der Waals surface area contributed by atoms with Gasteiger partial charge in [-0.15, -0.1) is 0 Å². The first-order valence-electron chi connectivity index (χ1n) is 12.0. The summed E-state index contributed by atoms with van der Waals surface area (Å²) < 4.78 is 42.7. The van der Waals surface area contributed by atoms with Gasteiger partial charge in [-0.2, -0.15) is 13.2 Å². The number of carboxylic acid groups (broad SMARTS) is 1. The first-order valence-corrected chi connectivity index (χ1v) is 12.8. The van der Waals surface area contributed by atoms with Crippen LogP contribution in [0.5, 0.6) is 11.5 Å². The number of hydrogen-bond acceptors (Lipinski definition) is 5. The number of anilines is 1. The van der Waals surface area contributed by atoms with Crippen LogP contribution in [0.1, 0.15) is 24.8 Å². The van der Waals surface area contributed by atoms with Gasteiger partial charge in [0, 0.05) is 29.6 Å². The average Bonchev–Trinajstić information content (AvgIpc) is 3.21. The standard InChI is InChI=1S/C24H29Cl2N3O3.C2HF3O2/c1-29-13-16-10-18(27-23(30)28-20-12-17(25)5-6-19(20)26)8-9-24(16,14-29)15-4-7-21(31-2)22(11-15)32-3;3-2(4,5)1(6)7/h4-7,11-12,16,18H,8-10,13-14H2,1-3H3,(H2,27,28,30);(H,6,7)/t16-,18-,24+;/m1./s1. The van der Waals surface area contributed by atoms with Crippen LogP contribution in [0, 0.1) is 5.92 Å². The van der Waals surface area contributed by atoms with Crippen LogP contribution < -0.4 is 20.1 Å². The minimum absolute atomic E-state index is 0.0409. The van der Waals surface area contributed by atoms with Gasteiger partial charge in [-0.1, -0.05) is 29.3 Å². The molecule has 0 radical (unpaired) electrons. The van der Waals surface area contributed by atoms with E-state index in [0.29, 0.717) is 21.7 Å². The van der Waals surface area contributed by atoms with E-state index in [4.69, 9.17) is 42.6 Å². The van der Waals surface area contributed by atoms with Crippen molar-refractivity contribution < 1.29 is 37.3 Å². The Labute approximate surface area is 234 Å². The number of aliphatic carboxylic acids is 1. The molecule has 214 valence electrons. The molecule has 0 bridgehead atoms. The molecule has 3 atom stereocenters. The lowest BCUT2D eigenvalue weighted by Gasteiger charge is -2.42. The van der Waals surface area contributed by atoms with Gasteiger partial charge in [0.25, 0.3) is 0 Å². The highest BCUT2D eigenvalue weighted by atomic mass is 35.5. The van der Waals surface area contributed by atoms with Crippen molar-refractivity contribution in [1.82, 2.24) is 10.2 Å². The summed E-state index contributed by atoms with van der Waals surface area (Å²) >= 11 is 12.2. The summed E-state index contributed by atoms with van der Waals surface area (Å²) in [4.78, 5) is 23.9. The number of methoxy groups -OCH3 is 2. The molecular weight excluding hydrogens is 562 g/mol. The second-order valence-electron chi connectivity index (χ2n) is 9.62. The summed E-state index contributed by atoms with van der Waals surface area (Å²) in [7, 11) is 5.49. The number of hydrogen-bond donors (Lipinski definition) is 3. The normalized spacial score (nSPS) is 22.7. The number of rotatable bonds is 5. The molecule has 3 N–H and O–H groups in total. The van der Waals surface area contributed by atoms with Crippen LogP contribution in [-0.4, -0.2) is 68.6 Å². The highest BCUT2D eigenvalue weighted by Crippen LogP contribution is 2.49. The molecular formula is C26H30Cl2F3N3O5.